The third kappa shape index (κ3) is 6.94. The number of rotatable bonds is 9. The Balaban J connectivity index is 1.51. The summed E-state index contributed by atoms with van der Waals surface area (Å²) >= 11 is 7.38. The van der Waals surface area contributed by atoms with Gasteiger partial charge in [-0.05, 0) is 35.3 Å². The van der Waals surface area contributed by atoms with E-state index in [9.17, 15) is 9.59 Å². The maximum absolute atomic E-state index is 12.4. The first-order valence-corrected chi connectivity index (χ1v) is 11.8. The van der Waals surface area contributed by atoms with E-state index in [2.05, 4.69) is 34.7 Å². The molecule has 0 spiro atoms. The Hall–Kier alpha value is -3.10. The Kier molecular flexibility index (Phi) is 8.68. The van der Waals surface area contributed by atoms with Gasteiger partial charge in [-0.15, -0.1) is 10.2 Å². The monoisotopic (exact) mass is 483 g/mol. The molecule has 0 aliphatic carbocycles. The zero-order valence-corrected chi connectivity index (χ0v) is 20.3. The molecule has 0 radical (unpaired) electrons. The van der Waals surface area contributed by atoms with Crippen LogP contribution in [0.3, 0.4) is 0 Å². The van der Waals surface area contributed by atoms with E-state index in [1.54, 1.807) is 23.8 Å². The molecule has 7 nitrogen and oxygen atoms in total. The number of carbonyl (C=O) groups excluding carboxylic acids is 2. The number of carbonyl (C=O) groups is 2. The SMILES string of the molecule is CC(C)c1ccccc1NC(=O)CSc1nnc(CNC(=O)/C=C/c2ccccc2Cl)n1C. The van der Waals surface area contributed by atoms with Crippen molar-refractivity contribution in [3.63, 3.8) is 0 Å². The van der Waals surface area contributed by atoms with Crippen molar-refractivity contribution in [1.82, 2.24) is 20.1 Å². The van der Waals surface area contributed by atoms with Crippen molar-refractivity contribution in [2.45, 2.75) is 31.5 Å². The highest BCUT2D eigenvalue weighted by molar-refractivity contribution is 7.99. The molecule has 0 saturated heterocycles. The number of benzene rings is 2. The number of para-hydroxylation sites is 1. The molecule has 0 saturated carbocycles. The topological polar surface area (TPSA) is 88.9 Å². The molecule has 1 heterocycles. The molecule has 172 valence electrons. The molecule has 0 fully saturated rings. The zero-order valence-electron chi connectivity index (χ0n) is 18.7. The molecule has 0 unspecified atom stereocenters. The van der Waals surface area contributed by atoms with Gasteiger partial charge >= 0.3 is 0 Å². The predicted molar refractivity (Wildman–Crippen MR) is 133 cm³/mol. The number of hydrogen-bond donors (Lipinski definition) is 2. The molecule has 2 N–H and O–H groups in total. The van der Waals surface area contributed by atoms with Gasteiger partial charge in [-0.1, -0.05) is 73.6 Å². The molecule has 2 amide bonds. The van der Waals surface area contributed by atoms with Crippen LogP contribution in [0.25, 0.3) is 6.08 Å². The summed E-state index contributed by atoms with van der Waals surface area (Å²) in [7, 11) is 1.80. The lowest BCUT2D eigenvalue weighted by Crippen LogP contribution is -2.22. The van der Waals surface area contributed by atoms with E-state index in [1.807, 2.05) is 42.5 Å². The number of aromatic nitrogens is 3. The normalized spacial score (nSPS) is 11.2. The summed E-state index contributed by atoms with van der Waals surface area (Å²) in [5.74, 6) is 0.712. The maximum atomic E-state index is 12.4. The van der Waals surface area contributed by atoms with E-state index in [4.69, 9.17) is 11.6 Å². The molecule has 9 heteroatoms. The Labute approximate surface area is 202 Å². The molecule has 0 bridgehead atoms. The molecule has 3 aromatic rings. The largest absolute Gasteiger partial charge is 0.345 e. The Morgan fingerprint density at radius 2 is 1.85 bits per heavy atom. The first-order valence-electron chi connectivity index (χ1n) is 10.5. The molecule has 2 aromatic carbocycles. The van der Waals surface area contributed by atoms with Gasteiger partial charge in [0.1, 0.15) is 0 Å². The number of thioether (sulfide) groups is 1. The van der Waals surface area contributed by atoms with Crippen LogP contribution in [0.2, 0.25) is 5.02 Å². The highest BCUT2D eigenvalue weighted by Crippen LogP contribution is 2.24. The van der Waals surface area contributed by atoms with Crippen molar-refractivity contribution in [1.29, 1.82) is 0 Å². The molecule has 1 aromatic heterocycles. The Morgan fingerprint density at radius 3 is 2.61 bits per heavy atom. The summed E-state index contributed by atoms with van der Waals surface area (Å²) in [6.07, 6.45) is 3.08. The van der Waals surface area contributed by atoms with Crippen LogP contribution in [-0.4, -0.2) is 32.3 Å². The van der Waals surface area contributed by atoms with Gasteiger partial charge in [-0.25, -0.2) is 0 Å². The van der Waals surface area contributed by atoms with E-state index >= 15 is 0 Å². The first kappa shape index (κ1) is 24.5. The summed E-state index contributed by atoms with van der Waals surface area (Å²) < 4.78 is 1.76. The first-order chi connectivity index (χ1) is 15.8. The molecule has 33 heavy (non-hydrogen) atoms. The van der Waals surface area contributed by atoms with Crippen molar-refractivity contribution in [2.24, 2.45) is 7.05 Å². The Morgan fingerprint density at radius 1 is 1.12 bits per heavy atom. The second-order valence-corrected chi connectivity index (χ2v) is 8.96. The predicted octanol–water partition coefficient (Wildman–Crippen LogP) is 4.65. The van der Waals surface area contributed by atoms with Crippen LogP contribution < -0.4 is 10.6 Å². The van der Waals surface area contributed by atoms with E-state index in [1.165, 1.54) is 17.8 Å². The summed E-state index contributed by atoms with van der Waals surface area (Å²) in [5.41, 5.74) is 2.68. The summed E-state index contributed by atoms with van der Waals surface area (Å²) in [6, 6.07) is 15.1. The van der Waals surface area contributed by atoms with Crippen LogP contribution in [0, 0.1) is 0 Å². The quantitative estimate of drug-likeness (QED) is 0.341. The van der Waals surface area contributed by atoms with Crippen LogP contribution in [0.15, 0.2) is 59.8 Å². The van der Waals surface area contributed by atoms with Crippen molar-refractivity contribution in [3.05, 3.63) is 76.6 Å². The van der Waals surface area contributed by atoms with E-state index < -0.39 is 0 Å². The number of amides is 2. The summed E-state index contributed by atoms with van der Waals surface area (Å²) in [5, 5.41) is 15.2. The number of halogens is 1. The van der Waals surface area contributed by atoms with Crippen LogP contribution in [0.1, 0.15) is 36.7 Å². The molecule has 0 atom stereocenters. The van der Waals surface area contributed by atoms with Gasteiger partial charge in [-0.3, -0.25) is 9.59 Å². The van der Waals surface area contributed by atoms with Gasteiger partial charge in [0.15, 0.2) is 11.0 Å². The third-order valence-corrected chi connectivity index (χ3v) is 6.22. The zero-order chi connectivity index (χ0) is 23.8. The van der Waals surface area contributed by atoms with E-state index in [0.29, 0.717) is 21.9 Å². The molecule has 0 aliphatic heterocycles. The van der Waals surface area contributed by atoms with Gasteiger partial charge in [0, 0.05) is 23.8 Å². The van der Waals surface area contributed by atoms with Crippen LogP contribution >= 0.6 is 23.4 Å². The number of hydrogen-bond acceptors (Lipinski definition) is 5. The van der Waals surface area contributed by atoms with Gasteiger partial charge in [0.25, 0.3) is 0 Å². The second-order valence-electron chi connectivity index (χ2n) is 7.61. The van der Waals surface area contributed by atoms with Gasteiger partial charge in [0.2, 0.25) is 11.8 Å². The fourth-order valence-corrected chi connectivity index (χ4v) is 3.98. The highest BCUT2D eigenvalue weighted by atomic mass is 35.5. The smallest absolute Gasteiger partial charge is 0.244 e. The van der Waals surface area contributed by atoms with Crippen LogP contribution in [0.5, 0.6) is 0 Å². The lowest BCUT2D eigenvalue weighted by Gasteiger charge is -2.13. The fraction of sp³-hybridized carbons (Fsp3) is 0.250. The van der Waals surface area contributed by atoms with Gasteiger partial charge < -0.3 is 15.2 Å². The minimum absolute atomic E-state index is 0.115. The minimum Gasteiger partial charge on any atom is -0.345 e. The van der Waals surface area contributed by atoms with E-state index in [-0.39, 0.29) is 24.1 Å². The van der Waals surface area contributed by atoms with Crippen molar-refractivity contribution in [3.8, 4) is 0 Å². The maximum Gasteiger partial charge on any atom is 0.244 e. The third-order valence-electron chi connectivity index (χ3n) is 4.85. The summed E-state index contributed by atoms with van der Waals surface area (Å²) in [6.45, 7) is 4.39. The van der Waals surface area contributed by atoms with Crippen molar-refractivity contribution < 1.29 is 9.59 Å². The Bertz CT molecular complexity index is 1160. The fourth-order valence-electron chi connectivity index (χ4n) is 3.06. The van der Waals surface area contributed by atoms with Crippen molar-refractivity contribution >= 4 is 46.9 Å². The number of anilines is 1. The lowest BCUT2D eigenvalue weighted by atomic mass is 10.0. The lowest BCUT2D eigenvalue weighted by molar-refractivity contribution is -0.116. The molecule has 3 rings (SSSR count). The standard InChI is InChI=1S/C24H26ClN5O2S/c1-16(2)18-9-5-7-11-20(18)27-23(32)15-33-24-29-28-21(30(24)3)14-26-22(31)13-12-17-8-4-6-10-19(17)25/h4-13,16H,14-15H2,1-3H3,(H,26,31)(H,27,32)/b13-12+. The van der Waals surface area contributed by atoms with E-state index in [0.717, 1.165) is 16.8 Å². The second kappa shape index (κ2) is 11.7. The van der Waals surface area contributed by atoms with Crippen LogP contribution in [-0.2, 0) is 23.2 Å². The molecular weight excluding hydrogens is 458 g/mol. The number of nitrogens with one attached hydrogen (secondary N) is 2. The van der Waals surface area contributed by atoms with Crippen molar-refractivity contribution in [2.75, 3.05) is 11.1 Å². The highest BCUT2D eigenvalue weighted by Gasteiger charge is 2.13. The number of nitrogens with zero attached hydrogens (tertiary/aromatic N) is 3. The van der Waals surface area contributed by atoms with Gasteiger partial charge in [0.05, 0.1) is 12.3 Å². The van der Waals surface area contributed by atoms with Crippen LogP contribution in [0.4, 0.5) is 5.69 Å². The molecular formula is C24H26ClN5O2S. The average Bonchev–Trinajstić information content (AvgIpc) is 3.15. The van der Waals surface area contributed by atoms with Gasteiger partial charge in [-0.2, -0.15) is 0 Å². The minimum atomic E-state index is -0.268. The average molecular weight is 484 g/mol. The summed E-state index contributed by atoms with van der Waals surface area (Å²) in [4.78, 5) is 24.6. The molecule has 0 aliphatic rings.